The summed E-state index contributed by atoms with van der Waals surface area (Å²) in [5.74, 6) is 3.65. The van der Waals surface area contributed by atoms with Crippen molar-refractivity contribution in [2.24, 2.45) is 30.5 Å². The number of hydrogen-bond donors (Lipinski definition) is 2. The Kier molecular flexibility index (Phi) is 5.85. The molecule has 2 bridgehead atoms. The Labute approximate surface area is 240 Å². The van der Waals surface area contributed by atoms with Gasteiger partial charge in [0.1, 0.15) is 11.3 Å². The Bertz CT molecular complexity index is 1660. The number of likely N-dealkylation sites (tertiary alicyclic amines) is 1. The van der Waals surface area contributed by atoms with Gasteiger partial charge in [-0.05, 0) is 80.2 Å². The summed E-state index contributed by atoms with van der Waals surface area (Å²) in [6, 6.07) is 13.1. The highest BCUT2D eigenvalue weighted by atomic mass is 16.5. The summed E-state index contributed by atoms with van der Waals surface area (Å²) in [6.45, 7) is 2.77. The minimum absolute atomic E-state index is 0.0321. The quantitative estimate of drug-likeness (QED) is 0.291. The summed E-state index contributed by atoms with van der Waals surface area (Å²) in [5, 5.41) is 4.89. The number of anilines is 1. The van der Waals surface area contributed by atoms with E-state index < -0.39 is 0 Å². The first-order chi connectivity index (χ1) is 20.0. The Hall–Kier alpha value is -3.52. The van der Waals surface area contributed by atoms with Gasteiger partial charge < -0.3 is 29.8 Å². The predicted octanol–water partition coefficient (Wildman–Crippen LogP) is 5.39. The minimum Gasteiger partial charge on any atom is -0.494 e. The highest BCUT2D eigenvalue weighted by Crippen LogP contribution is 2.40. The largest absolute Gasteiger partial charge is 0.494 e. The van der Waals surface area contributed by atoms with Crippen LogP contribution in [0, 0.1) is 17.8 Å². The van der Waals surface area contributed by atoms with E-state index in [1.165, 1.54) is 48.7 Å². The first-order valence-corrected chi connectivity index (χ1v) is 15.5. The van der Waals surface area contributed by atoms with Crippen LogP contribution in [0.2, 0.25) is 0 Å². The van der Waals surface area contributed by atoms with Crippen molar-refractivity contribution in [2.75, 3.05) is 25.5 Å². The van der Waals surface area contributed by atoms with Crippen LogP contribution >= 0.6 is 0 Å². The zero-order valence-electron chi connectivity index (χ0n) is 24.1. The van der Waals surface area contributed by atoms with E-state index in [-0.39, 0.29) is 18.0 Å². The van der Waals surface area contributed by atoms with E-state index in [4.69, 9.17) is 15.5 Å². The second-order valence-corrected chi connectivity index (χ2v) is 13.0. The highest BCUT2D eigenvalue weighted by Gasteiger charge is 2.47. The number of amides is 1. The Morgan fingerprint density at radius 1 is 1.07 bits per heavy atom. The van der Waals surface area contributed by atoms with Gasteiger partial charge in [-0.25, -0.2) is 4.98 Å². The van der Waals surface area contributed by atoms with Gasteiger partial charge in [-0.3, -0.25) is 4.79 Å². The summed E-state index contributed by atoms with van der Waals surface area (Å²) in [7, 11) is 3.72. The van der Waals surface area contributed by atoms with Crippen molar-refractivity contribution in [2.45, 2.75) is 63.6 Å². The summed E-state index contributed by atoms with van der Waals surface area (Å²) in [6.07, 6.45) is 8.71. The maximum Gasteiger partial charge on any atom is 0.254 e. The van der Waals surface area contributed by atoms with E-state index in [2.05, 4.69) is 45.8 Å². The summed E-state index contributed by atoms with van der Waals surface area (Å²) in [4.78, 5) is 20.8. The van der Waals surface area contributed by atoms with Crippen molar-refractivity contribution >= 4 is 33.5 Å². The number of ether oxygens (including phenoxy) is 1. The molecule has 3 N–H and O–H groups in total. The van der Waals surface area contributed by atoms with Crippen molar-refractivity contribution in [3.8, 4) is 17.3 Å². The molecule has 4 fully saturated rings. The second kappa shape index (κ2) is 9.51. The number of carbonyl (C=O) groups excluding carboxylic acids is 1. The van der Waals surface area contributed by atoms with Crippen LogP contribution in [-0.2, 0) is 13.6 Å². The van der Waals surface area contributed by atoms with Crippen molar-refractivity contribution < 1.29 is 9.53 Å². The molecule has 2 aromatic heterocycles. The molecule has 4 aliphatic rings. The molecule has 214 valence electrons. The van der Waals surface area contributed by atoms with Crippen LogP contribution in [0.25, 0.3) is 33.5 Å². The number of nitrogens with one attached hydrogen (secondary N) is 1. The molecule has 1 saturated heterocycles. The van der Waals surface area contributed by atoms with E-state index >= 15 is 0 Å². The van der Waals surface area contributed by atoms with E-state index in [0.717, 1.165) is 60.9 Å². The molecule has 8 rings (SSSR count). The van der Waals surface area contributed by atoms with Gasteiger partial charge in [0, 0.05) is 55.4 Å². The highest BCUT2D eigenvalue weighted by molar-refractivity contribution is 6.00. The number of nitrogens with zero attached hydrogens (tertiary/aromatic N) is 4. The van der Waals surface area contributed by atoms with Crippen LogP contribution in [0.1, 0.15) is 55.3 Å². The van der Waals surface area contributed by atoms with Crippen LogP contribution in [0.5, 0.6) is 5.75 Å². The molecule has 0 spiro atoms. The third-order valence-electron chi connectivity index (χ3n) is 10.2. The number of fused-ring (bicyclic) bond motifs is 4. The molecule has 3 atom stereocenters. The number of rotatable bonds is 9. The Morgan fingerprint density at radius 2 is 1.90 bits per heavy atom. The van der Waals surface area contributed by atoms with Gasteiger partial charge in [-0.1, -0.05) is 18.9 Å². The Morgan fingerprint density at radius 3 is 2.61 bits per heavy atom. The fourth-order valence-electron chi connectivity index (χ4n) is 7.40. The van der Waals surface area contributed by atoms with Crippen LogP contribution < -0.4 is 15.8 Å². The number of hydrogen-bond acceptors (Lipinski definition) is 5. The van der Waals surface area contributed by atoms with Crippen LogP contribution in [0.4, 0.5) is 5.69 Å². The monoisotopic (exact) mass is 552 g/mol. The predicted molar refractivity (Wildman–Crippen MR) is 162 cm³/mol. The zero-order valence-corrected chi connectivity index (χ0v) is 24.1. The van der Waals surface area contributed by atoms with Crippen molar-refractivity contribution in [3.05, 3.63) is 42.0 Å². The lowest BCUT2D eigenvalue weighted by Crippen LogP contribution is -2.41. The van der Waals surface area contributed by atoms with E-state index in [1.54, 1.807) is 7.11 Å². The number of imidazole rings is 1. The first-order valence-electron chi connectivity index (χ1n) is 15.5. The molecule has 41 heavy (non-hydrogen) atoms. The van der Waals surface area contributed by atoms with Gasteiger partial charge in [0.2, 0.25) is 0 Å². The van der Waals surface area contributed by atoms with Crippen LogP contribution in [-0.4, -0.2) is 57.2 Å². The van der Waals surface area contributed by atoms with Crippen molar-refractivity contribution in [3.63, 3.8) is 0 Å². The van der Waals surface area contributed by atoms with Crippen molar-refractivity contribution in [1.82, 2.24) is 19.0 Å². The molecule has 3 saturated carbocycles. The summed E-state index contributed by atoms with van der Waals surface area (Å²) in [5.41, 5.74) is 12.3. The average molecular weight is 553 g/mol. The lowest BCUT2D eigenvalue weighted by atomic mass is 10.1. The molecule has 0 radical (unpaired) electrons. The molecule has 2 unspecified atom stereocenters. The summed E-state index contributed by atoms with van der Waals surface area (Å²) < 4.78 is 10.4. The molecular formula is C33H40N6O2. The first kappa shape index (κ1) is 25.2. The lowest BCUT2D eigenvalue weighted by Gasteiger charge is -2.27. The third-order valence-corrected chi connectivity index (χ3v) is 10.2. The van der Waals surface area contributed by atoms with Gasteiger partial charge in [0.15, 0.2) is 5.82 Å². The fourth-order valence-corrected chi connectivity index (χ4v) is 7.40. The minimum atomic E-state index is 0.0321. The molecule has 3 aliphatic carbocycles. The van der Waals surface area contributed by atoms with Gasteiger partial charge in [0.05, 0.1) is 23.8 Å². The number of methoxy groups -OCH3 is 1. The fraction of sp³-hybridized carbons (Fsp3) is 0.515. The third kappa shape index (κ3) is 4.30. The standard InChI is InChI=1S/C33H40N6O2/c1-37-31-25(13-23(15-29(31)41-2)33(40)39-18-22-8-10-26(39)30(22)34)36-32(37)28-14-21-7-9-24(35-12-11-19-3-4-19)16-27(21)38(28)17-20-5-6-20/h7,9,13-16,19-20,22,26,30,35H,3-6,8,10-12,17-18,34H2,1-2H3/t22-,26?,30?/m1/s1. The number of carbonyl (C=O) groups is 1. The van der Waals surface area contributed by atoms with Crippen LogP contribution in [0.15, 0.2) is 36.4 Å². The van der Waals surface area contributed by atoms with Crippen LogP contribution in [0.3, 0.4) is 0 Å². The molecule has 8 nitrogen and oxygen atoms in total. The van der Waals surface area contributed by atoms with E-state index in [1.807, 2.05) is 17.0 Å². The normalized spacial score (nSPS) is 23.7. The number of piperidine rings is 1. The number of aryl methyl sites for hydroxylation is 1. The molecule has 4 aromatic rings. The molecule has 1 aliphatic heterocycles. The molecule has 3 heterocycles. The van der Waals surface area contributed by atoms with E-state index in [0.29, 0.717) is 23.1 Å². The summed E-state index contributed by atoms with van der Waals surface area (Å²) >= 11 is 0. The number of aromatic nitrogens is 3. The van der Waals surface area contributed by atoms with Crippen molar-refractivity contribution in [1.29, 1.82) is 0 Å². The SMILES string of the molecule is COc1cc(C(=O)N2C[C@H]3CCC2C3N)cc2nc(-c3cc4ccc(NCCC5CC5)cc4n3CC3CC3)n(C)c12. The van der Waals surface area contributed by atoms with Gasteiger partial charge in [-0.15, -0.1) is 0 Å². The lowest BCUT2D eigenvalue weighted by molar-refractivity contribution is 0.0700. The zero-order chi connectivity index (χ0) is 27.8. The second-order valence-electron chi connectivity index (χ2n) is 13.0. The van der Waals surface area contributed by atoms with Gasteiger partial charge in [-0.2, -0.15) is 0 Å². The van der Waals surface area contributed by atoms with Gasteiger partial charge in [0.25, 0.3) is 5.91 Å². The maximum atomic E-state index is 13.7. The number of nitrogens with two attached hydrogens (primary N) is 1. The topological polar surface area (TPSA) is 90.3 Å². The Balaban J connectivity index is 1.18. The maximum absolute atomic E-state index is 13.7. The van der Waals surface area contributed by atoms with E-state index in [9.17, 15) is 4.79 Å². The van der Waals surface area contributed by atoms with Gasteiger partial charge >= 0.3 is 0 Å². The average Bonchev–Trinajstić information content (AvgIpc) is 3.88. The smallest absolute Gasteiger partial charge is 0.254 e. The molecule has 8 heteroatoms. The number of benzene rings is 2. The molecular weight excluding hydrogens is 512 g/mol. The molecule has 2 aromatic carbocycles. The molecule has 1 amide bonds.